The Balaban J connectivity index is 1.39. The number of aliphatic hydroxyl groups excluding tert-OH is 1. The summed E-state index contributed by atoms with van der Waals surface area (Å²) in [5.41, 5.74) is 1.94. The van der Waals surface area contributed by atoms with Crippen molar-refractivity contribution in [2.24, 2.45) is 5.92 Å². The van der Waals surface area contributed by atoms with Crippen LogP contribution in [-0.4, -0.2) is 45.1 Å². The Morgan fingerprint density at radius 3 is 2.93 bits per heavy atom. The first-order chi connectivity index (χ1) is 13.5. The molecule has 144 valence electrons. The van der Waals surface area contributed by atoms with Gasteiger partial charge in [-0.15, -0.1) is 0 Å². The van der Waals surface area contributed by atoms with E-state index in [9.17, 15) is 14.7 Å². The number of aromatic amines is 1. The zero-order valence-corrected chi connectivity index (χ0v) is 15.7. The van der Waals surface area contributed by atoms with Gasteiger partial charge in [0.1, 0.15) is 0 Å². The number of aromatic nitrogens is 2. The monoisotopic (exact) mass is 398 g/mol. The minimum atomic E-state index is -1.33. The number of nitrogens with one attached hydrogen (secondary N) is 2. The predicted octanol–water partition coefficient (Wildman–Crippen LogP) is 2.74. The van der Waals surface area contributed by atoms with Crippen LogP contribution in [0.4, 0.5) is 5.69 Å². The van der Waals surface area contributed by atoms with Gasteiger partial charge in [0.15, 0.2) is 6.10 Å². The van der Waals surface area contributed by atoms with E-state index in [1.807, 2.05) is 12.1 Å². The molecule has 1 saturated heterocycles. The molecule has 0 saturated carbocycles. The third-order valence-electron chi connectivity index (χ3n) is 5.01. The molecule has 2 aromatic carbocycles. The Morgan fingerprint density at radius 1 is 1.29 bits per heavy atom. The summed E-state index contributed by atoms with van der Waals surface area (Å²) >= 11 is 6.07. The average Bonchev–Trinajstić information content (AvgIpc) is 3.36. The molecule has 1 fully saturated rings. The van der Waals surface area contributed by atoms with E-state index in [0.717, 1.165) is 10.9 Å². The van der Waals surface area contributed by atoms with Crippen molar-refractivity contribution >= 4 is 40.0 Å². The molecular formula is C20H19ClN4O3. The van der Waals surface area contributed by atoms with E-state index in [0.29, 0.717) is 29.2 Å². The van der Waals surface area contributed by atoms with E-state index in [4.69, 9.17) is 11.6 Å². The van der Waals surface area contributed by atoms with Gasteiger partial charge in [-0.3, -0.25) is 14.7 Å². The van der Waals surface area contributed by atoms with Crippen molar-refractivity contribution in [2.45, 2.75) is 12.5 Å². The van der Waals surface area contributed by atoms with Crippen molar-refractivity contribution in [3.8, 4) is 0 Å². The molecule has 2 atom stereocenters. The molecule has 3 aromatic rings. The van der Waals surface area contributed by atoms with Gasteiger partial charge in [-0.25, -0.2) is 0 Å². The number of nitrogens with zero attached hydrogens (tertiary/aromatic N) is 2. The second-order valence-electron chi connectivity index (χ2n) is 6.86. The fraction of sp³-hybridized carbons (Fsp3) is 0.250. The summed E-state index contributed by atoms with van der Waals surface area (Å²) in [6.45, 7) is 0.680. The molecule has 2 heterocycles. The van der Waals surface area contributed by atoms with Crippen LogP contribution in [0.2, 0.25) is 5.02 Å². The number of H-pyrrole nitrogens is 1. The van der Waals surface area contributed by atoms with Crippen LogP contribution >= 0.6 is 11.6 Å². The topological polar surface area (TPSA) is 98.3 Å². The lowest BCUT2D eigenvalue weighted by Crippen LogP contribution is -2.35. The number of benzene rings is 2. The Morgan fingerprint density at radius 2 is 2.11 bits per heavy atom. The highest BCUT2D eigenvalue weighted by Gasteiger charge is 2.34. The normalized spacial score (nSPS) is 17.6. The van der Waals surface area contributed by atoms with Gasteiger partial charge in [0.05, 0.1) is 17.6 Å². The quantitative estimate of drug-likeness (QED) is 0.629. The molecule has 8 heteroatoms. The van der Waals surface area contributed by atoms with Crippen molar-refractivity contribution < 1.29 is 14.7 Å². The summed E-state index contributed by atoms with van der Waals surface area (Å²) in [6, 6.07) is 12.2. The number of carbonyl (C=O) groups is 2. The SMILES string of the molecule is O=C(Nc1ccc2[nH]ncc2c1)C1CCN(C(=O)[C@H](O)c2ccccc2Cl)C1. The van der Waals surface area contributed by atoms with Crippen LogP contribution in [0.25, 0.3) is 10.9 Å². The van der Waals surface area contributed by atoms with E-state index >= 15 is 0 Å². The highest BCUT2D eigenvalue weighted by Crippen LogP contribution is 2.27. The lowest BCUT2D eigenvalue weighted by Gasteiger charge is -2.21. The van der Waals surface area contributed by atoms with Gasteiger partial charge in [0.25, 0.3) is 5.91 Å². The van der Waals surface area contributed by atoms with Crippen LogP contribution in [0.1, 0.15) is 18.1 Å². The van der Waals surface area contributed by atoms with Crippen molar-refractivity contribution in [1.82, 2.24) is 15.1 Å². The molecule has 28 heavy (non-hydrogen) atoms. The summed E-state index contributed by atoms with van der Waals surface area (Å²) in [4.78, 5) is 26.7. The number of hydrogen-bond acceptors (Lipinski definition) is 4. The third kappa shape index (κ3) is 3.58. The molecule has 0 radical (unpaired) electrons. The van der Waals surface area contributed by atoms with Gasteiger partial charge < -0.3 is 15.3 Å². The van der Waals surface area contributed by atoms with Crippen LogP contribution in [0.15, 0.2) is 48.7 Å². The first-order valence-electron chi connectivity index (χ1n) is 8.98. The fourth-order valence-electron chi connectivity index (χ4n) is 3.44. The zero-order chi connectivity index (χ0) is 19.7. The van der Waals surface area contributed by atoms with E-state index < -0.39 is 12.0 Å². The maximum Gasteiger partial charge on any atom is 0.256 e. The van der Waals surface area contributed by atoms with E-state index in [1.54, 1.807) is 36.5 Å². The number of hydrogen-bond donors (Lipinski definition) is 3. The average molecular weight is 399 g/mol. The second-order valence-corrected chi connectivity index (χ2v) is 7.26. The van der Waals surface area contributed by atoms with Crippen LogP contribution in [-0.2, 0) is 9.59 Å². The number of fused-ring (bicyclic) bond motifs is 1. The molecule has 1 aromatic heterocycles. The number of likely N-dealkylation sites (tertiary alicyclic amines) is 1. The molecule has 3 N–H and O–H groups in total. The molecule has 2 amide bonds. The van der Waals surface area contributed by atoms with Gasteiger partial charge in [-0.05, 0) is 30.7 Å². The third-order valence-corrected chi connectivity index (χ3v) is 5.36. The number of amides is 2. The maximum atomic E-state index is 12.6. The maximum absolute atomic E-state index is 12.6. The molecule has 0 spiro atoms. The first-order valence-corrected chi connectivity index (χ1v) is 9.36. The zero-order valence-electron chi connectivity index (χ0n) is 14.9. The summed E-state index contributed by atoms with van der Waals surface area (Å²) in [5.74, 6) is -0.920. The van der Waals surface area contributed by atoms with E-state index in [2.05, 4.69) is 15.5 Å². The lowest BCUT2D eigenvalue weighted by atomic mass is 10.1. The van der Waals surface area contributed by atoms with Crippen LogP contribution in [0.5, 0.6) is 0 Å². The van der Waals surface area contributed by atoms with Crippen molar-refractivity contribution in [1.29, 1.82) is 0 Å². The summed E-state index contributed by atoms with van der Waals surface area (Å²) in [7, 11) is 0. The number of aliphatic hydroxyl groups is 1. The van der Waals surface area contributed by atoms with Crippen molar-refractivity contribution in [3.05, 3.63) is 59.2 Å². The van der Waals surface area contributed by atoms with Gasteiger partial charge in [0.2, 0.25) is 5.91 Å². The number of rotatable bonds is 4. The van der Waals surface area contributed by atoms with Crippen molar-refractivity contribution in [3.63, 3.8) is 0 Å². The molecule has 1 aliphatic heterocycles. The first kappa shape index (κ1) is 18.5. The standard InChI is InChI=1S/C20H19ClN4O3/c21-16-4-2-1-3-15(16)18(26)20(28)25-8-7-12(11-25)19(27)23-14-5-6-17-13(9-14)10-22-24-17/h1-6,9-10,12,18,26H,7-8,11H2,(H,22,24)(H,23,27)/t12?,18-/m1/s1. The van der Waals surface area contributed by atoms with Crippen LogP contribution in [0, 0.1) is 5.92 Å². The van der Waals surface area contributed by atoms with E-state index in [1.165, 1.54) is 4.90 Å². The highest BCUT2D eigenvalue weighted by molar-refractivity contribution is 6.31. The molecule has 0 bridgehead atoms. The van der Waals surface area contributed by atoms with E-state index in [-0.39, 0.29) is 18.4 Å². The van der Waals surface area contributed by atoms with Gasteiger partial charge in [-0.2, -0.15) is 5.10 Å². The number of carbonyl (C=O) groups excluding carboxylic acids is 2. The molecule has 0 aliphatic carbocycles. The smallest absolute Gasteiger partial charge is 0.256 e. The highest BCUT2D eigenvalue weighted by atomic mass is 35.5. The molecule has 1 unspecified atom stereocenters. The molecule has 7 nitrogen and oxygen atoms in total. The van der Waals surface area contributed by atoms with Gasteiger partial charge in [-0.1, -0.05) is 29.8 Å². The fourth-order valence-corrected chi connectivity index (χ4v) is 3.68. The summed E-state index contributed by atoms with van der Waals surface area (Å²) < 4.78 is 0. The number of anilines is 1. The Bertz CT molecular complexity index is 1030. The van der Waals surface area contributed by atoms with Crippen LogP contribution < -0.4 is 5.32 Å². The molecule has 1 aliphatic rings. The largest absolute Gasteiger partial charge is 0.378 e. The van der Waals surface area contributed by atoms with Crippen molar-refractivity contribution in [2.75, 3.05) is 18.4 Å². The molecule has 4 rings (SSSR count). The summed E-state index contributed by atoms with van der Waals surface area (Å²) in [5, 5.41) is 21.3. The number of halogens is 1. The predicted molar refractivity (Wildman–Crippen MR) is 106 cm³/mol. The Hall–Kier alpha value is -2.90. The minimum absolute atomic E-state index is 0.148. The van der Waals surface area contributed by atoms with Gasteiger partial charge >= 0.3 is 0 Å². The Labute approximate surface area is 166 Å². The second kappa shape index (κ2) is 7.61. The minimum Gasteiger partial charge on any atom is -0.378 e. The Kier molecular flexibility index (Phi) is 5.02. The van der Waals surface area contributed by atoms with Gasteiger partial charge in [0, 0.05) is 34.7 Å². The lowest BCUT2D eigenvalue weighted by molar-refractivity contribution is -0.139. The molecular weight excluding hydrogens is 380 g/mol. The summed E-state index contributed by atoms with van der Waals surface area (Å²) in [6.07, 6.45) is 0.900. The van der Waals surface area contributed by atoms with Crippen LogP contribution in [0.3, 0.4) is 0 Å².